The number of pyridine rings is 1. The number of halogens is 1. The van der Waals surface area contributed by atoms with Gasteiger partial charge in [0, 0.05) is 10.7 Å². The van der Waals surface area contributed by atoms with Crippen LogP contribution in [0.15, 0.2) is 16.7 Å². The highest BCUT2D eigenvalue weighted by Gasteiger charge is 2.08. The second-order valence-electron chi connectivity index (χ2n) is 2.80. The van der Waals surface area contributed by atoms with Crippen LogP contribution in [-0.2, 0) is 0 Å². The van der Waals surface area contributed by atoms with Crippen molar-refractivity contribution >= 4 is 27.4 Å². The molecule has 0 aliphatic rings. The van der Waals surface area contributed by atoms with Crippen LogP contribution < -0.4 is 11.1 Å². The first-order chi connectivity index (χ1) is 6.67. The van der Waals surface area contributed by atoms with Crippen molar-refractivity contribution in [1.29, 1.82) is 0 Å². The predicted molar refractivity (Wildman–Crippen MR) is 57.9 cm³/mol. The zero-order valence-electron chi connectivity index (χ0n) is 7.44. The second kappa shape index (κ2) is 5.14. The van der Waals surface area contributed by atoms with Crippen LogP contribution in [-0.4, -0.2) is 34.5 Å². The molecule has 0 radical (unpaired) electrons. The summed E-state index contributed by atoms with van der Waals surface area (Å²) >= 11 is 3.23. The number of nitrogens with one attached hydrogen (secondary N) is 1. The van der Waals surface area contributed by atoms with Crippen molar-refractivity contribution in [2.45, 2.75) is 6.04 Å². The third kappa shape index (κ3) is 2.83. The number of aliphatic hydroxyl groups excluding tert-OH is 2. The topological polar surface area (TPSA) is 91.4 Å². The van der Waals surface area contributed by atoms with Gasteiger partial charge in [0.15, 0.2) is 0 Å². The summed E-state index contributed by atoms with van der Waals surface area (Å²) in [5.41, 5.74) is 6.12. The van der Waals surface area contributed by atoms with Crippen molar-refractivity contribution in [2.75, 3.05) is 24.3 Å². The molecule has 0 aliphatic heterocycles. The monoisotopic (exact) mass is 261 g/mol. The number of hydrogen-bond donors (Lipinski definition) is 4. The number of rotatable bonds is 4. The van der Waals surface area contributed by atoms with Gasteiger partial charge in [0.1, 0.15) is 5.82 Å². The van der Waals surface area contributed by atoms with Gasteiger partial charge in [0.25, 0.3) is 0 Å². The van der Waals surface area contributed by atoms with Gasteiger partial charge >= 0.3 is 0 Å². The van der Waals surface area contributed by atoms with E-state index < -0.39 is 6.04 Å². The zero-order valence-corrected chi connectivity index (χ0v) is 9.03. The molecule has 1 aromatic rings. The molecule has 0 saturated carbocycles. The van der Waals surface area contributed by atoms with E-state index in [0.717, 1.165) is 4.47 Å². The van der Waals surface area contributed by atoms with Crippen LogP contribution in [0.1, 0.15) is 0 Å². The Morgan fingerprint density at radius 1 is 1.50 bits per heavy atom. The Morgan fingerprint density at radius 2 is 2.14 bits per heavy atom. The standard InChI is InChI=1S/C8H12BrN3O2/c9-5-1-7(10)8(11-2-5)12-6(3-13)4-14/h1-2,6,13-14H,3-4,10H2,(H,11,12). The molecule has 78 valence electrons. The molecule has 0 unspecified atom stereocenters. The van der Waals surface area contributed by atoms with Gasteiger partial charge in [-0.25, -0.2) is 4.98 Å². The van der Waals surface area contributed by atoms with Crippen LogP contribution in [0.4, 0.5) is 11.5 Å². The molecule has 0 amide bonds. The van der Waals surface area contributed by atoms with Crippen molar-refractivity contribution in [1.82, 2.24) is 4.98 Å². The number of aliphatic hydroxyl groups is 2. The normalized spacial score (nSPS) is 10.6. The number of aromatic nitrogens is 1. The van der Waals surface area contributed by atoms with Gasteiger partial charge in [-0.15, -0.1) is 0 Å². The average Bonchev–Trinajstić information content (AvgIpc) is 2.17. The minimum absolute atomic E-state index is 0.173. The molecule has 14 heavy (non-hydrogen) atoms. The molecule has 5 nitrogen and oxygen atoms in total. The maximum atomic E-state index is 8.83. The van der Waals surface area contributed by atoms with Crippen LogP contribution >= 0.6 is 15.9 Å². The molecule has 0 bridgehead atoms. The fourth-order valence-electron chi connectivity index (χ4n) is 0.918. The largest absolute Gasteiger partial charge is 0.396 e. The van der Waals surface area contributed by atoms with Crippen molar-refractivity contribution in [3.63, 3.8) is 0 Å². The molecule has 0 fully saturated rings. The predicted octanol–water partition coefficient (Wildman–Crippen LogP) is 0.191. The molecule has 0 aromatic carbocycles. The molecule has 6 heteroatoms. The van der Waals surface area contributed by atoms with Crippen LogP contribution in [0.2, 0.25) is 0 Å². The van der Waals surface area contributed by atoms with Crippen molar-refractivity contribution < 1.29 is 10.2 Å². The van der Waals surface area contributed by atoms with Gasteiger partial charge in [-0.3, -0.25) is 0 Å². The Labute approximate surface area is 90.1 Å². The van der Waals surface area contributed by atoms with Crippen LogP contribution in [0.3, 0.4) is 0 Å². The summed E-state index contributed by atoms with van der Waals surface area (Å²) in [6.45, 7) is -0.346. The average molecular weight is 262 g/mol. The SMILES string of the molecule is Nc1cc(Br)cnc1NC(CO)CO. The molecule has 1 heterocycles. The summed E-state index contributed by atoms with van der Waals surface area (Å²) in [6.07, 6.45) is 1.59. The molecule has 0 spiro atoms. The van der Waals surface area contributed by atoms with Crippen LogP contribution in [0.5, 0.6) is 0 Å². The fraction of sp³-hybridized carbons (Fsp3) is 0.375. The number of nitrogens with zero attached hydrogens (tertiary/aromatic N) is 1. The molecular formula is C8H12BrN3O2. The van der Waals surface area contributed by atoms with Gasteiger partial charge < -0.3 is 21.3 Å². The quantitative estimate of drug-likeness (QED) is 0.621. The van der Waals surface area contributed by atoms with E-state index in [0.29, 0.717) is 11.5 Å². The highest BCUT2D eigenvalue weighted by molar-refractivity contribution is 9.10. The molecule has 1 aromatic heterocycles. The number of anilines is 2. The number of nitrogen functional groups attached to an aromatic ring is 1. The van der Waals surface area contributed by atoms with Gasteiger partial charge in [-0.05, 0) is 22.0 Å². The summed E-state index contributed by atoms with van der Waals surface area (Å²) in [4.78, 5) is 4.01. The van der Waals surface area contributed by atoms with Crippen LogP contribution in [0, 0.1) is 0 Å². The fourth-order valence-corrected chi connectivity index (χ4v) is 1.27. The summed E-state index contributed by atoms with van der Waals surface area (Å²) in [6, 6.07) is 1.26. The van der Waals surface area contributed by atoms with E-state index in [1.165, 1.54) is 0 Å². The van der Waals surface area contributed by atoms with E-state index >= 15 is 0 Å². The minimum Gasteiger partial charge on any atom is -0.396 e. The summed E-state index contributed by atoms with van der Waals surface area (Å²) < 4.78 is 0.782. The lowest BCUT2D eigenvalue weighted by Crippen LogP contribution is -2.28. The van der Waals surface area contributed by atoms with E-state index in [1.807, 2.05) is 0 Å². The Morgan fingerprint density at radius 3 is 2.64 bits per heavy atom. The number of hydrogen-bond acceptors (Lipinski definition) is 5. The third-order valence-corrected chi connectivity index (χ3v) is 2.10. The highest BCUT2D eigenvalue weighted by Crippen LogP contribution is 2.20. The van der Waals surface area contributed by atoms with Gasteiger partial charge in [-0.2, -0.15) is 0 Å². The molecule has 0 saturated heterocycles. The van der Waals surface area contributed by atoms with Gasteiger partial charge in [-0.1, -0.05) is 0 Å². The molecular weight excluding hydrogens is 250 g/mol. The first-order valence-corrected chi connectivity index (χ1v) is 4.86. The van der Waals surface area contributed by atoms with Crippen LogP contribution in [0.25, 0.3) is 0 Å². The third-order valence-electron chi connectivity index (χ3n) is 1.67. The minimum atomic E-state index is -0.439. The first-order valence-electron chi connectivity index (χ1n) is 4.06. The van der Waals surface area contributed by atoms with E-state index in [4.69, 9.17) is 15.9 Å². The Balaban J connectivity index is 2.76. The molecule has 1 rings (SSSR count). The summed E-state index contributed by atoms with van der Waals surface area (Å²) in [5.74, 6) is 0.460. The summed E-state index contributed by atoms with van der Waals surface area (Å²) in [7, 11) is 0. The van der Waals surface area contributed by atoms with E-state index in [9.17, 15) is 0 Å². The van der Waals surface area contributed by atoms with E-state index in [1.54, 1.807) is 12.3 Å². The van der Waals surface area contributed by atoms with Crippen molar-refractivity contribution in [3.05, 3.63) is 16.7 Å². The van der Waals surface area contributed by atoms with Crippen molar-refractivity contribution in [2.24, 2.45) is 0 Å². The molecule has 0 atom stereocenters. The van der Waals surface area contributed by atoms with Gasteiger partial charge in [0.2, 0.25) is 0 Å². The first kappa shape index (κ1) is 11.2. The van der Waals surface area contributed by atoms with E-state index in [-0.39, 0.29) is 13.2 Å². The lowest BCUT2D eigenvalue weighted by molar-refractivity contribution is 0.203. The lowest BCUT2D eigenvalue weighted by Gasteiger charge is -2.15. The lowest BCUT2D eigenvalue weighted by atomic mass is 10.3. The maximum Gasteiger partial charge on any atom is 0.149 e. The molecule has 5 N–H and O–H groups in total. The molecule has 0 aliphatic carbocycles. The number of nitrogens with two attached hydrogens (primary N) is 1. The zero-order chi connectivity index (χ0) is 10.6. The Hall–Kier alpha value is -0.850. The maximum absolute atomic E-state index is 8.83. The second-order valence-corrected chi connectivity index (χ2v) is 3.71. The van der Waals surface area contributed by atoms with Gasteiger partial charge in [0.05, 0.1) is 24.9 Å². The van der Waals surface area contributed by atoms with Crippen molar-refractivity contribution in [3.8, 4) is 0 Å². The Bertz CT molecular complexity index is 305. The Kier molecular flexibility index (Phi) is 4.12. The smallest absolute Gasteiger partial charge is 0.149 e. The highest BCUT2D eigenvalue weighted by atomic mass is 79.9. The van der Waals surface area contributed by atoms with E-state index in [2.05, 4.69) is 26.2 Å². The summed E-state index contributed by atoms with van der Waals surface area (Å²) in [5, 5.41) is 20.5.